The normalized spacial score (nSPS) is 22.5. The quantitative estimate of drug-likeness (QED) is 0.0795. The van der Waals surface area contributed by atoms with Gasteiger partial charge in [0.1, 0.15) is 24.2 Å². The predicted octanol–water partition coefficient (Wildman–Crippen LogP) is 2.63. The van der Waals surface area contributed by atoms with Crippen molar-refractivity contribution in [2.24, 2.45) is 27.2 Å². The second kappa shape index (κ2) is 24.3. The van der Waals surface area contributed by atoms with Crippen LogP contribution in [0.5, 0.6) is 0 Å². The summed E-state index contributed by atoms with van der Waals surface area (Å²) in [5, 5.41) is 20.4. The van der Waals surface area contributed by atoms with E-state index in [0.29, 0.717) is 13.0 Å². The van der Waals surface area contributed by atoms with E-state index in [1.807, 2.05) is 103 Å². The molecular weight excluding hydrogens is 931 g/mol. The highest BCUT2D eigenvalue weighted by atomic mass is 16.2. The van der Waals surface area contributed by atoms with Crippen LogP contribution in [0.4, 0.5) is 5.69 Å². The van der Waals surface area contributed by atoms with E-state index in [-0.39, 0.29) is 66.5 Å². The SMILES string of the molecule is CN[C@@H](C)C(=O)N[C@H](C(=O)N1CC(C=NC(=O)c2cc(N)cc(C(=O)NC3C[C@@H](C(=O)NCC4(C)C=CC=CC4)N(C(=O)[C@@H](NC(=O)[C@H](C)NC)C(C)(C)C)C3)c2)C[C@H]1C(=O)NCc1ccccc1)C(C)(C)C. The molecule has 0 radical (unpaired) electrons. The lowest BCUT2D eigenvalue weighted by Crippen LogP contribution is -2.59. The molecule has 0 bridgehead atoms. The standard InChI is InChI=1S/C54H77N11O8/c1-32(56-10)44(66)62-42(52(3,4)5)50(72)64-29-35(22-40(64)48(70)59-27-34-18-14-12-15-19-34)28-58-46(68)36-23-37(25-38(55)24-36)47(69)61-39-26-41(49(71)60-31-54(9)20-16-13-17-21-54)65(30-39)51(73)43(53(6,7)8)63-45(67)33(2)57-11/h12-20,23-25,28,32-33,35,39-43,56-57H,21-22,26-27,29-31,55H2,1-11H3,(H,59,70)(H,60,71)(H,61,69)(H,62,66)(H,63,67)/t32-,33-,35?,39?,40-,41-,42+,43+,54?/m0/s1. The molecule has 2 heterocycles. The fourth-order valence-electron chi connectivity index (χ4n) is 8.96. The molecule has 2 aromatic rings. The Kier molecular flexibility index (Phi) is 19.1. The van der Waals surface area contributed by atoms with E-state index >= 15 is 0 Å². The average Bonchev–Trinajstić information content (AvgIpc) is 3.98. The van der Waals surface area contributed by atoms with Gasteiger partial charge in [-0.3, -0.25) is 38.4 Å². The Hall–Kier alpha value is -6.73. The number of aliphatic imine (C=N–C) groups is 1. The maximum absolute atomic E-state index is 14.5. The van der Waals surface area contributed by atoms with Crippen LogP contribution in [-0.4, -0.2) is 139 Å². The minimum Gasteiger partial charge on any atom is -0.399 e. The van der Waals surface area contributed by atoms with E-state index in [4.69, 9.17) is 5.73 Å². The summed E-state index contributed by atoms with van der Waals surface area (Å²) in [6, 6.07) is 7.62. The van der Waals surface area contributed by atoms with E-state index in [0.717, 1.165) is 5.56 Å². The zero-order valence-electron chi connectivity index (χ0n) is 44.3. The van der Waals surface area contributed by atoms with Crippen molar-refractivity contribution in [3.8, 4) is 0 Å². The van der Waals surface area contributed by atoms with Crippen LogP contribution in [0.25, 0.3) is 0 Å². The molecule has 2 fully saturated rings. The van der Waals surface area contributed by atoms with Gasteiger partial charge in [0, 0.05) is 66.6 Å². The van der Waals surface area contributed by atoms with Gasteiger partial charge in [-0.2, -0.15) is 0 Å². The van der Waals surface area contributed by atoms with E-state index in [1.165, 1.54) is 34.2 Å². The molecule has 0 spiro atoms. The predicted molar refractivity (Wildman–Crippen MR) is 281 cm³/mol. The van der Waals surface area contributed by atoms with Gasteiger partial charge in [-0.25, -0.2) is 4.99 Å². The van der Waals surface area contributed by atoms with Crippen molar-refractivity contribution in [1.29, 1.82) is 0 Å². The van der Waals surface area contributed by atoms with Crippen molar-refractivity contribution >= 4 is 59.2 Å². The molecule has 396 valence electrons. The molecule has 73 heavy (non-hydrogen) atoms. The number of likely N-dealkylation sites (tertiary alicyclic amines) is 2. The first-order valence-corrected chi connectivity index (χ1v) is 25.0. The van der Waals surface area contributed by atoms with Gasteiger partial charge in [0.15, 0.2) is 0 Å². The first kappa shape index (κ1) is 57.2. The fourth-order valence-corrected chi connectivity index (χ4v) is 8.96. The number of nitrogens with zero attached hydrogens (tertiary/aromatic N) is 3. The summed E-state index contributed by atoms with van der Waals surface area (Å²) in [5.74, 6) is -4.40. The number of allylic oxidation sites excluding steroid dienone is 3. The van der Waals surface area contributed by atoms with E-state index in [2.05, 4.69) is 42.2 Å². The fraction of sp³-hybridized carbons (Fsp3) is 0.537. The first-order valence-electron chi connectivity index (χ1n) is 25.0. The summed E-state index contributed by atoms with van der Waals surface area (Å²) < 4.78 is 0. The number of anilines is 1. The van der Waals surface area contributed by atoms with Crippen molar-refractivity contribution in [2.75, 3.05) is 39.5 Å². The number of carbonyl (C=O) groups excluding carboxylic acids is 8. The van der Waals surface area contributed by atoms with Crippen LogP contribution in [0, 0.1) is 22.2 Å². The Morgan fingerprint density at radius 3 is 1.85 bits per heavy atom. The minimum atomic E-state index is -1.01. The molecule has 2 aromatic carbocycles. The van der Waals surface area contributed by atoms with E-state index < -0.39 is 94.5 Å². The molecule has 19 nitrogen and oxygen atoms in total. The lowest BCUT2D eigenvalue weighted by atomic mass is 9.83. The van der Waals surface area contributed by atoms with Crippen molar-refractivity contribution in [3.05, 3.63) is 89.5 Å². The summed E-state index contributed by atoms with van der Waals surface area (Å²) in [7, 11) is 3.28. The lowest BCUT2D eigenvalue weighted by molar-refractivity contribution is -0.144. The van der Waals surface area contributed by atoms with Gasteiger partial charge in [-0.05, 0) is 81.8 Å². The number of hydrogen-bond donors (Lipinski definition) is 8. The topological polar surface area (TPSA) is 266 Å². The molecule has 9 N–H and O–H groups in total. The third-order valence-electron chi connectivity index (χ3n) is 13.8. The Morgan fingerprint density at radius 1 is 0.753 bits per heavy atom. The number of rotatable bonds is 18. The number of benzene rings is 2. The zero-order valence-corrected chi connectivity index (χ0v) is 44.3. The molecule has 2 aliphatic heterocycles. The first-order chi connectivity index (χ1) is 34.2. The Balaban J connectivity index is 1.35. The molecule has 3 unspecified atom stereocenters. The van der Waals surface area contributed by atoms with Crippen molar-refractivity contribution in [1.82, 2.24) is 47.0 Å². The second-order valence-electron chi connectivity index (χ2n) is 22.0. The molecule has 2 saturated heterocycles. The third kappa shape index (κ3) is 15.2. The number of likely N-dealkylation sites (N-methyl/N-ethyl adjacent to an activating group) is 2. The van der Waals surface area contributed by atoms with Gasteiger partial charge >= 0.3 is 0 Å². The van der Waals surface area contributed by atoms with Crippen molar-refractivity contribution in [3.63, 3.8) is 0 Å². The molecule has 3 aliphatic rings. The van der Waals surface area contributed by atoms with Crippen molar-refractivity contribution < 1.29 is 38.4 Å². The monoisotopic (exact) mass is 1010 g/mol. The average molecular weight is 1010 g/mol. The number of hydrogen-bond acceptors (Lipinski definition) is 11. The Morgan fingerprint density at radius 2 is 1.30 bits per heavy atom. The summed E-state index contributed by atoms with van der Waals surface area (Å²) in [5.41, 5.74) is 5.43. The van der Waals surface area contributed by atoms with Crippen LogP contribution in [0.15, 0.2) is 77.8 Å². The molecule has 9 atom stereocenters. The highest BCUT2D eigenvalue weighted by Gasteiger charge is 2.47. The van der Waals surface area contributed by atoms with Gasteiger partial charge in [-0.1, -0.05) is 103 Å². The maximum Gasteiger partial charge on any atom is 0.276 e. The second-order valence-corrected chi connectivity index (χ2v) is 22.0. The molecule has 19 heteroatoms. The number of nitrogen functional groups attached to an aromatic ring is 1. The van der Waals surface area contributed by atoms with Crippen molar-refractivity contribution in [2.45, 2.75) is 130 Å². The largest absolute Gasteiger partial charge is 0.399 e. The summed E-state index contributed by atoms with van der Waals surface area (Å²) in [6.45, 7) is 16.8. The summed E-state index contributed by atoms with van der Waals surface area (Å²) in [4.78, 5) is 118. The van der Waals surface area contributed by atoms with Crippen LogP contribution >= 0.6 is 0 Å². The molecular formula is C54H77N11O8. The zero-order chi connectivity index (χ0) is 54.0. The van der Waals surface area contributed by atoms with Gasteiger partial charge in [0.05, 0.1) is 12.1 Å². The highest BCUT2D eigenvalue weighted by Crippen LogP contribution is 2.31. The Bertz CT molecular complexity index is 2460. The number of amides is 8. The lowest BCUT2D eigenvalue weighted by Gasteiger charge is -2.36. The maximum atomic E-state index is 14.5. The summed E-state index contributed by atoms with van der Waals surface area (Å²) >= 11 is 0. The molecule has 0 aromatic heterocycles. The third-order valence-corrected chi connectivity index (χ3v) is 13.8. The van der Waals surface area contributed by atoms with Crippen LogP contribution < -0.4 is 43.0 Å². The summed E-state index contributed by atoms with van der Waals surface area (Å²) in [6.07, 6.45) is 10.2. The highest BCUT2D eigenvalue weighted by molar-refractivity contribution is 6.04. The Labute approximate surface area is 429 Å². The molecule has 1 aliphatic carbocycles. The molecule has 8 amide bonds. The minimum absolute atomic E-state index is 0.00112. The van der Waals surface area contributed by atoms with Crippen LogP contribution in [0.3, 0.4) is 0 Å². The number of carbonyl (C=O) groups is 8. The van der Waals surface area contributed by atoms with Gasteiger partial charge in [0.25, 0.3) is 11.8 Å². The van der Waals surface area contributed by atoms with Gasteiger partial charge in [-0.15, -0.1) is 0 Å². The van der Waals surface area contributed by atoms with Gasteiger partial charge in [0.2, 0.25) is 35.4 Å². The molecule has 0 saturated carbocycles. The molecule has 5 rings (SSSR count). The van der Waals surface area contributed by atoms with E-state index in [1.54, 1.807) is 27.9 Å². The number of nitrogens with two attached hydrogens (primary N) is 1. The van der Waals surface area contributed by atoms with Crippen LogP contribution in [0.2, 0.25) is 0 Å². The van der Waals surface area contributed by atoms with Crippen LogP contribution in [0.1, 0.15) is 108 Å². The van der Waals surface area contributed by atoms with Gasteiger partial charge < -0.3 is 52.8 Å². The smallest absolute Gasteiger partial charge is 0.276 e. The number of nitrogens with one attached hydrogen (secondary N) is 7. The van der Waals surface area contributed by atoms with Crippen LogP contribution in [-0.2, 0) is 35.3 Å². The van der Waals surface area contributed by atoms with E-state index in [9.17, 15) is 38.4 Å².